The van der Waals surface area contributed by atoms with Crippen LogP contribution in [0.3, 0.4) is 0 Å². The third-order valence-corrected chi connectivity index (χ3v) is 3.60. The van der Waals surface area contributed by atoms with E-state index in [0.29, 0.717) is 6.04 Å². The van der Waals surface area contributed by atoms with E-state index in [1.165, 1.54) is 11.1 Å². The fraction of sp³-hybridized carbons (Fsp3) is 0.400. The summed E-state index contributed by atoms with van der Waals surface area (Å²) in [6, 6.07) is 10.8. The molecule has 100 valence electrons. The number of benzene rings is 1. The predicted molar refractivity (Wildman–Crippen MR) is 77.6 cm³/mol. The van der Waals surface area contributed by atoms with E-state index in [-0.39, 0.29) is 0 Å². The lowest BCUT2D eigenvalue weighted by molar-refractivity contribution is 0.0945. The number of hydrogen-bond acceptors (Lipinski definition) is 4. The van der Waals surface area contributed by atoms with Crippen LogP contribution in [0.2, 0.25) is 0 Å². The van der Waals surface area contributed by atoms with Crippen molar-refractivity contribution in [1.29, 1.82) is 0 Å². The molecule has 4 heteroatoms. The maximum Gasteiger partial charge on any atom is 0.0722 e. The molecule has 1 atom stereocenters. The van der Waals surface area contributed by atoms with Crippen LogP contribution in [0.25, 0.3) is 10.9 Å². The second-order valence-electron chi connectivity index (χ2n) is 4.83. The molecule has 1 fully saturated rings. The molecule has 1 saturated heterocycles. The van der Waals surface area contributed by atoms with E-state index in [9.17, 15) is 0 Å². The van der Waals surface area contributed by atoms with E-state index in [1.54, 1.807) is 0 Å². The molecule has 0 bridgehead atoms. The molecule has 0 spiro atoms. The van der Waals surface area contributed by atoms with Crippen LogP contribution in [0.15, 0.2) is 36.5 Å². The summed E-state index contributed by atoms with van der Waals surface area (Å²) in [4.78, 5) is 6.87. The molecule has 1 aliphatic rings. The number of fused-ring (bicyclic) bond motifs is 1. The van der Waals surface area contributed by atoms with Gasteiger partial charge in [-0.25, -0.2) is 0 Å². The van der Waals surface area contributed by atoms with Crippen LogP contribution < -0.4 is 10.2 Å². The molecule has 0 amide bonds. The Morgan fingerprint density at radius 1 is 1.37 bits per heavy atom. The van der Waals surface area contributed by atoms with E-state index in [4.69, 9.17) is 4.74 Å². The summed E-state index contributed by atoms with van der Waals surface area (Å²) in [5.74, 6) is 0. The standard InChI is InChI=1S/C15H19N3O/c1-16-10-12-11-19-9-8-18(12)15-6-7-17-14-5-3-2-4-13(14)15/h2-7,12,16H,8-11H2,1H3. The Morgan fingerprint density at radius 2 is 2.26 bits per heavy atom. The van der Waals surface area contributed by atoms with Crippen molar-refractivity contribution < 1.29 is 4.74 Å². The lowest BCUT2D eigenvalue weighted by Crippen LogP contribution is -2.50. The summed E-state index contributed by atoms with van der Waals surface area (Å²) in [6.45, 7) is 3.42. The molecule has 0 radical (unpaired) electrons. The Morgan fingerprint density at radius 3 is 3.16 bits per heavy atom. The SMILES string of the molecule is CNCC1COCCN1c1ccnc2ccccc12. The zero-order valence-electron chi connectivity index (χ0n) is 11.2. The maximum absolute atomic E-state index is 5.60. The van der Waals surface area contributed by atoms with Gasteiger partial charge in [-0.2, -0.15) is 0 Å². The summed E-state index contributed by atoms with van der Waals surface area (Å²) in [7, 11) is 1.98. The van der Waals surface area contributed by atoms with Crippen LogP contribution in [0.4, 0.5) is 5.69 Å². The Bertz CT molecular complexity index is 551. The molecule has 2 aromatic rings. The molecule has 3 rings (SSSR count). The number of nitrogens with one attached hydrogen (secondary N) is 1. The number of hydrogen-bond donors (Lipinski definition) is 1. The first-order chi connectivity index (χ1) is 9.40. The second-order valence-corrected chi connectivity index (χ2v) is 4.83. The van der Waals surface area contributed by atoms with Crippen molar-refractivity contribution in [2.24, 2.45) is 0 Å². The fourth-order valence-electron chi connectivity index (χ4n) is 2.71. The minimum Gasteiger partial charge on any atom is -0.377 e. The number of likely N-dealkylation sites (N-methyl/N-ethyl adjacent to an activating group) is 1. The van der Waals surface area contributed by atoms with Gasteiger partial charge in [0.1, 0.15) is 0 Å². The molecule has 1 aromatic carbocycles. The highest BCUT2D eigenvalue weighted by molar-refractivity contribution is 5.91. The maximum atomic E-state index is 5.60. The smallest absolute Gasteiger partial charge is 0.0722 e. The average molecular weight is 257 g/mol. The Hall–Kier alpha value is -1.65. The second kappa shape index (κ2) is 5.55. The minimum atomic E-state index is 0.379. The van der Waals surface area contributed by atoms with E-state index in [2.05, 4.69) is 39.5 Å². The van der Waals surface area contributed by atoms with E-state index in [1.807, 2.05) is 19.3 Å². The number of ether oxygens (including phenoxy) is 1. The number of aromatic nitrogens is 1. The molecular weight excluding hydrogens is 238 g/mol. The summed E-state index contributed by atoms with van der Waals surface area (Å²) in [5, 5.41) is 4.46. The van der Waals surface area contributed by atoms with E-state index < -0.39 is 0 Å². The first-order valence-corrected chi connectivity index (χ1v) is 6.73. The average Bonchev–Trinajstić information content (AvgIpc) is 2.48. The van der Waals surface area contributed by atoms with E-state index >= 15 is 0 Å². The molecule has 1 aliphatic heterocycles. The lowest BCUT2D eigenvalue weighted by Gasteiger charge is -2.37. The predicted octanol–water partition coefficient (Wildman–Crippen LogP) is 1.66. The summed E-state index contributed by atoms with van der Waals surface area (Å²) >= 11 is 0. The monoisotopic (exact) mass is 257 g/mol. The Kier molecular flexibility index (Phi) is 3.62. The van der Waals surface area contributed by atoms with Crippen LogP contribution in [-0.4, -0.2) is 44.4 Å². The zero-order chi connectivity index (χ0) is 13.1. The Labute approximate surface area is 113 Å². The highest BCUT2D eigenvalue weighted by atomic mass is 16.5. The van der Waals surface area contributed by atoms with Crippen molar-refractivity contribution in [3.05, 3.63) is 36.5 Å². The number of morpholine rings is 1. The lowest BCUT2D eigenvalue weighted by atomic mass is 10.1. The number of rotatable bonds is 3. The van der Waals surface area contributed by atoms with Crippen molar-refractivity contribution in [1.82, 2.24) is 10.3 Å². The molecule has 2 heterocycles. The van der Waals surface area contributed by atoms with Gasteiger partial charge in [0.15, 0.2) is 0 Å². The summed E-state index contributed by atoms with van der Waals surface area (Å²) in [5.41, 5.74) is 2.31. The van der Waals surface area contributed by atoms with Gasteiger partial charge in [-0.05, 0) is 19.2 Å². The van der Waals surface area contributed by atoms with Crippen LogP contribution in [0, 0.1) is 0 Å². The summed E-state index contributed by atoms with van der Waals surface area (Å²) < 4.78 is 5.60. The van der Waals surface area contributed by atoms with Gasteiger partial charge >= 0.3 is 0 Å². The quantitative estimate of drug-likeness (QED) is 0.907. The van der Waals surface area contributed by atoms with Gasteiger partial charge in [-0.1, -0.05) is 18.2 Å². The van der Waals surface area contributed by atoms with E-state index in [0.717, 1.165) is 31.8 Å². The number of nitrogens with zero attached hydrogens (tertiary/aromatic N) is 2. The van der Waals surface area contributed by atoms with Crippen molar-refractivity contribution >= 4 is 16.6 Å². The van der Waals surface area contributed by atoms with Gasteiger partial charge in [-0.15, -0.1) is 0 Å². The highest BCUT2D eigenvalue weighted by Crippen LogP contribution is 2.27. The topological polar surface area (TPSA) is 37.4 Å². The first-order valence-electron chi connectivity index (χ1n) is 6.73. The number of para-hydroxylation sites is 1. The molecule has 0 aliphatic carbocycles. The van der Waals surface area contributed by atoms with Gasteiger partial charge in [0.05, 0.1) is 24.8 Å². The molecule has 1 aromatic heterocycles. The van der Waals surface area contributed by atoms with Crippen LogP contribution >= 0.6 is 0 Å². The molecular formula is C15H19N3O. The largest absolute Gasteiger partial charge is 0.377 e. The molecule has 0 saturated carbocycles. The number of anilines is 1. The number of pyridine rings is 1. The third-order valence-electron chi connectivity index (χ3n) is 3.60. The first kappa shape index (κ1) is 12.4. The van der Waals surface area contributed by atoms with Gasteiger partial charge in [0, 0.05) is 30.4 Å². The zero-order valence-corrected chi connectivity index (χ0v) is 11.2. The van der Waals surface area contributed by atoms with Gasteiger partial charge in [-0.3, -0.25) is 4.98 Å². The molecule has 19 heavy (non-hydrogen) atoms. The van der Waals surface area contributed by atoms with Gasteiger partial charge < -0.3 is 15.0 Å². The van der Waals surface area contributed by atoms with Gasteiger partial charge in [0.2, 0.25) is 0 Å². The van der Waals surface area contributed by atoms with Crippen LogP contribution in [0.1, 0.15) is 0 Å². The fourth-order valence-corrected chi connectivity index (χ4v) is 2.71. The van der Waals surface area contributed by atoms with Crippen molar-refractivity contribution in [3.8, 4) is 0 Å². The van der Waals surface area contributed by atoms with Crippen LogP contribution in [0.5, 0.6) is 0 Å². The third kappa shape index (κ3) is 2.41. The molecule has 1 unspecified atom stereocenters. The minimum absolute atomic E-state index is 0.379. The van der Waals surface area contributed by atoms with Crippen LogP contribution in [-0.2, 0) is 4.74 Å². The van der Waals surface area contributed by atoms with Gasteiger partial charge in [0.25, 0.3) is 0 Å². The summed E-state index contributed by atoms with van der Waals surface area (Å²) in [6.07, 6.45) is 1.89. The van der Waals surface area contributed by atoms with Crippen molar-refractivity contribution in [2.75, 3.05) is 38.3 Å². The van der Waals surface area contributed by atoms with Crippen molar-refractivity contribution in [2.45, 2.75) is 6.04 Å². The van der Waals surface area contributed by atoms with Crippen molar-refractivity contribution in [3.63, 3.8) is 0 Å². The Balaban J connectivity index is 2.02. The molecule has 1 N–H and O–H groups in total. The highest BCUT2D eigenvalue weighted by Gasteiger charge is 2.23. The molecule has 4 nitrogen and oxygen atoms in total. The normalized spacial score (nSPS) is 19.8.